The van der Waals surface area contributed by atoms with Crippen LogP contribution < -0.4 is 5.32 Å². The molecule has 0 unspecified atom stereocenters. The van der Waals surface area contributed by atoms with Gasteiger partial charge in [0.15, 0.2) is 6.10 Å². The molecule has 0 saturated heterocycles. The Balaban J connectivity index is 1.93. The maximum Gasteiger partial charge on any atom is 0.341 e. The second-order valence-electron chi connectivity index (χ2n) is 6.05. The highest BCUT2D eigenvalue weighted by atomic mass is 19.1. The SMILES string of the molecule is C[C@@H](OC(=O)c1ccc(F)cc1F)C(=O)N[C@@H]1CCCC[C@@H]1C. The molecular formula is C17H21F2NO3. The zero-order chi connectivity index (χ0) is 17.0. The highest BCUT2D eigenvalue weighted by Crippen LogP contribution is 2.23. The molecule has 1 aromatic rings. The van der Waals surface area contributed by atoms with Gasteiger partial charge in [-0.1, -0.05) is 19.8 Å². The first-order valence-electron chi connectivity index (χ1n) is 7.85. The largest absolute Gasteiger partial charge is 0.449 e. The van der Waals surface area contributed by atoms with Gasteiger partial charge in [0.2, 0.25) is 0 Å². The van der Waals surface area contributed by atoms with Crippen LogP contribution in [0.1, 0.15) is 49.9 Å². The van der Waals surface area contributed by atoms with Crippen molar-refractivity contribution in [3.63, 3.8) is 0 Å². The van der Waals surface area contributed by atoms with Crippen LogP contribution in [0.5, 0.6) is 0 Å². The van der Waals surface area contributed by atoms with Crippen molar-refractivity contribution in [2.24, 2.45) is 5.92 Å². The molecule has 23 heavy (non-hydrogen) atoms. The van der Waals surface area contributed by atoms with Crippen molar-refractivity contribution in [1.29, 1.82) is 0 Å². The summed E-state index contributed by atoms with van der Waals surface area (Å²) < 4.78 is 31.4. The maximum absolute atomic E-state index is 13.5. The number of amides is 1. The van der Waals surface area contributed by atoms with Crippen LogP contribution in [-0.4, -0.2) is 24.0 Å². The topological polar surface area (TPSA) is 55.4 Å². The molecule has 1 aromatic carbocycles. The van der Waals surface area contributed by atoms with Crippen molar-refractivity contribution in [3.05, 3.63) is 35.4 Å². The minimum Gasteiger partial charge on any atom is -0.449 e. The van der Waals surface area contributed by atoms with Gasteiger partial charge in [0.25, 0.3) is 5.91 Å². The molecule has 0 bridgehead atoms. The Hall–Kier alpha value is -1.98. The van der Waals surface area contributed by atoms with Gasteiger partial charge >= 0.3 is 5.97 Å². The zero-order valence-electron chi connectivity index (χ0n) is 13.3. The fourth-order valence-corrected chi connectivity index (χ4v) is 2.76. The van der Waals surface area contributed by atoms with E-state index in [1.54, 1.807) is 0 Å². The van der Waals surface area contributed by atoms with Crippen LogP contribution >= 0.6 is 0 Å². The summed E-state index contributed by atoms with van der Waals surface area (Å²) in [5, 5.41) is 2.88. The second kappa shape index (κ2) is 7.53. The third-order valence-corrected chi connectivity index (χ3v) is 4.24. The number of nitrogens with one attached hydrogen (secondary N) is 1. The Labute approximate surface area is 134 Å². The summed E-state index contributed by atoms with van der Waals surface area (Å²) in [6.45, 7) is 3.51. The molecule has 0 radical (unpaired) electrons. The van der Waals surface area contributed by atoms with E-state index in [1.807, 2.05) is 0 Å². The number of benzene rings is 1. The number of carbonyl (C=O) groups is 2. The van der Waals surface area contributed by atoms with Crippen LogP contribution in [-0.2, 0) is 9.53 Å². The van der Waals surface area contributed by atoms with Gasteiger partial charge in [-0.25, -0.2) is 13.6 Å². The van der Waals surface area contributed by atoms with Crippen molar-refractivity contribution in [2.75, 3.05) is 0 Å². The van der Waals surface area contributed by atoms with Crippen LogP contribution in [0.4, 0.5) is 8.78 Å². The lowest BCUT2D eigenvalue weighted by Gasteiger charge is -2.30. The van der Waals surface area contributed by atoms with Gasteiger partial charge in [0.05, 0.1) is 5.56 Å². The fraction of sp³-hybridized carbons (Fsp3) is 0.529. The molecule has 1 aliphatic rings. The van der Waals surface area contributed by atoms with Crippen LogP contribution in [0.2, 0.25) is 0 Å². The van der Waals surface area contributed by atoms with Crippen LogP contribution in [0.3, 0.4) is 0 Å². The lowest BCUT2D eigenvalue weighted by molar-refractivity contribution is -0.130. The van der Waals surface area contributed by atoms with E-state index < -0.39 is 35.2 Å². The molecule has 1 N–H and O–H groups in total. The summed E-state index contributed by atoms with van der Waals surface area (Å²) in [5.74, 6) is -2.80. The molecule has 2 rings (SSSR count). The molecule has 126 valence electrons. The van der Waals surface area contributed by atoms with E-state index in [0.29, 0.717) is 12.0 Å². The van der Waals surface area contributed by atoms with Gasteiger partial charge < -0.3 is 10.1 Å². The van der Waals surface area contributed by atoms with Crippen molar-refractivity contribution >= 4 is 11.9 Å². The lowest BCUT2D eigenvalue weighted by Crippen LogP contribution is -2.46. The van der Waals surface area contributed by atoms with Crippen molar-refractivity contribution in [3.8, 4) is 0 Å². The van der Waals surface area contributed by atoms with Gasteiger partial charge in [0, 0.05) is 12.1 Å². The van der Waals surface area contributed by atoms with E-state index in [9.17, 15) is 18.4 Å². The van der Waals surface area contributed by atoms with Crippen molar-refractivity contribution < 1.29 is 23.1 Å². The molecule has 1 aliphatic carbocycles. The Morgan fingerprint density at radius 3 is 2.61 bits per heavy atom. The predicted octanol–water partition coefficient (Wildman–Crippen LogP) is 3.21. The van der Waals surface area contributed by atoms with Gasteiger partial charge in [-0.15, -0.1) is 0 Å². The standard InChI is InChI=1S/C17H21F2NO3/c1-10-5-3-4-6-15(10)20-16(21)11(2)23-17(22)13-8-7-12(18)9-14(13)19/h7-11,15H,3-6H2,1-2H3,(H,20,21)/t10-,11+,15+/m0/s1. The number of ether oxygens (including phenoxy) is 1. The van der Waals surface area contributed by atoms with Gasteiger partial charge in [-0.05, 0) is 37.8 Å². The van der Waals surface area contributed by atoms with E-state index in [0.717, 1.165) is 37.8 Å². The number of hydrogen-bond donors (Lipinski definition) is 1. The average molecular weight is 325 g/mol. The van der Waals surface area contributed by atoms with E-state index >= 15 is 0 Å². The monoisotopic (exact) mass is 325 g/mol. The summed E-state index contributed by atoms with van der Waals surface area (Å²) in [7, 11) is 0. The van der Waals surface area contributed by atoms with Crippen LogP contribution in [0.15, 0.2) is 18.2 Å². The fourth-order valence-electron chi connectivity index (χ4n) is 2.76. The second-order valence-corrected chi connectivity index (χ2v) is 6.05. The number of esters is 1. The minimum absolute atomic E-state index is 0.0694. The minimum atomic E-state index is -1.04. The lowest BCUT2D eigenvalue weighted by atomic mass is 9.86. The third-order valence-electron chi connectivity index (χ3n) is 4.24. The van der Waals surface area contributed by atoms with Crippen LogP contribution in [0, 0.1) is 17.6 Å². The quantitative estimate of drug-likeness (QED) is 0.865. The molecule has 1 amide bonds. The van der Waals surface area contributed by atoms with Gasteiger partial charge in [-0.2, -0.15) is 0 Å². The maximum atomic E-state index is 13.5. The first-order chi connectivity index (χ1) is 10.9. The summed E-state index contributed by atoms with van der Waals surface area (Å²) >= 11 is 0. The predicted molar refractivity (Wildman–Crippen MR) is 80.8 cm³/mol. The Kier molecular flexibility index (Phi) is 5.69. The number of carbonyl (C=O) groups excluding carboxylic acids is 2. The number of halogens is 2. The zero-order valence-corrected chi connectivity index (χ0v) is 13.3. The molecule has 6 heteroatoms. The highest BCUT2D eigenvalue weighted by molar-refractivity contribution is 5.92. The summed E-state index contributed by atoms with van der Waals surface area (Å²) in [4.78, 5) is 24.0. The average Bonchev–Trinajstić information content (AvgIpc) is 2.49. The number of hydrogen-bond acceptors (Lipinski definition) is 3. The van der Waals surface area contributed by atoms with E-state index in [2.05, 4.69) is 12.2 Å². The smallest absolute Gasteiger partial charge is 0.341 e. The molecule has 0 aliphatic heterocycles. The molecule has 1 saturated carbocycles. The van der Waals surface area contributed by atoms with Gasteiger partial charge in [0.1, 0.15) is 11.6 Å². The van der Waals surface area contributed by atoms with E-state index in [1.165, 1.54) is 6.92 Å². The molecule has 4 nitrogen and oxygen atoms in total. The third kappa shape index (κ3) is 4.50. The van der Waals surface area contributed by atoms with Crippen LogP contribution in [0.25, 0.3) is 0 Å². The Morgan fingerprint density at radius 2 is 1.96 bits per heavy atom. The molecular weight excluding hydrogens is 304 g/mol. The molecule has 1 fully saturated rings. The summed E-state index contributed by atoms with van der Waals surface area (Å²) in [5.41, 5.74) is -0.392. The summed E-state index contributed by atoms with van der Waals surface area (Å²) in [6.07, 6.45) is 3.13. The normalized spacial score (nSPS) is 22.3. The van der Waals surface area contributed by atoms with Crippen molar-refractivity contribution in [2.45, 2.75) is 51.7 Å². The van der Waals surface area contributed by atoms with Crippen molar-refractivity contribution in [1.82, 2.24) is 5.32 Å². The van der Waals surface area contributed by atoms with Gasteiger partial charge in [-0.3, -0.25) is 4.79 Å². The summed E-state index contributed by atoms with van der Waals surface area (Å²) in [6, 6.07) is 2.64. The van der Waals surface area contributed by atoms with E-state index in [4.69, 9.17) is 4.74 Å². The Bertz CT molecular complexity index is 591. The highest BCUT2D eigenvalue weighted by Gasteiger charge is 2.27. The Morgan fingerprint density at radius 1 is 1.26 bits per heavy atom. The first kappa shape index (κ1) is 17.4. The molecule has 3 atom stereocenters. The molecule has 0 aromatic heterocycles. The number of rotatable bonds is 4. The first-order valence-corrected chi connectivity index (χ1v) is 7.85. The molecule has 0 heterocycles. The van der Waals surface area contributed by atoms with E-state index in [-0.39, 0.29) is 6.04 Å². The molecule has 0 spiro atoms.